The summed E-state index contributed by atoms with van der Waals surface area (Å²) < 4.78 is 30.6. The van der Waals surface area contributed by atoms with Gasteiger partial charge in [0.25, 0.3) is 0 Å². The Morgan fingerprint density at radius 2 is 0.992 bits per heavy atom. The maximum absolute atomic E-state index is 12.6. The van der Waals surface area contributed by atoms with E-state index in [1.807, 2.05) is 23.5 Å². The molecule has 14 N–H and O–H groups in total. The quantitative estimate of drug-likeness (QED) is 0.00980. The minimum absolute atomic E-state index is 0. The molecule has 694 valence electrons. The molecule has 8 unspecified atom stereocenters. The Bertz CT molecular complexity index is 4420. The van der Waals surface area contributed by atoms with Crippen molar-refractivity contribution in [2.45, 2.75) is 357 Å². The third kappa shape index (κ3) is 28.5. The second-order valence-corrected chi connectivity index (χ2v) is 52.5. The fourth-order valence-electron chi connectivity index (χ4n) is 17.2. The van der Waals surface area contributed by atoms with Crippen LogP contribution in [0.1, 0.15) is 273 Å². The number of ketones is 2. The van der Waals surface area contributed by atoms with Gasteiger partial charge in [-0.15, -0.1) is 0 Å². The summed E-state index contributed by atoms with van der Waals surface area (Å²) in [5, 5.41) is 62.7. The molecule has 14 heterocycles. The van der Waals surface area contributed by atoms with Crippen LogP contribution in [0, 0.1) is 17.8 Å². The van der Waals surface area contributed by atoms with E-state index in [0.717, 1.165) is 139 Å². The number of carbonyl (C=O) groups is 4. The Morgan fingerprint density at radius 1 is 0.548 bits per heavy atom. The van der Waals surface area contributed by atoms with Crippen LogP contribution >= 0.6 is 60.8 Å². The molecular weight excluding hydrogens is 1970 g/mol. The number of ether oxygens (including phenoxy) is 4. The van der Waals surface area contributed by atoms with Gasteiger partial charge in [-0.25, -0.2) is 49.1 Å². The van der Waals surface area contributed by atoms with Crippen molar-refractivity contribution in [2.75, 3.05) is 46.7 Å². The average molecular weight is 2110 g/mol. The number of aryl methyl sites for hydroxylation is 1. The summed E-state index contributed by atoms with van der Waals surface area (Å²) in [5.74, 6) is 5.61. The van der Waals surface area contributed by atoms with Crippen LogP contribution in [0.15, 0.2) is 53.4 Å². The van der Waals surface area contributed by atoms with Gasteiger partial charge in [-0.2, -0.15) is 33.5 Å². The molecule has 1 aliphatic carbocycles. The Hall–Kier alpha value is -5.49. The monoisotopic (exact) mass is 2110 g/mol. The summed E-state index contributed by atoms with van der Waals surface area (Å²) >= 11 is 9.13. The van der Waals surface area contributed by atoms with Crippen molar-refractivity contribution in [2.24, 2.45) is 17.8 Å². The number of anilines is 4. The number of rotatable bonds is 37. The zero-order chi connectivity index (χ0) is 88.2. The Kier molecular flexibility index (Phi) is 42.7. The van der Waals surface area contributed by atoms with Gasteiger partial charge < -0.3 is 82.7 Å². The number of unbranched alkanes of at least 4 members (excludes halogenated alkanes) is 7. The van der Waals surface area contributed by atoms with Gasteiger partial charge in [-0.05, 0) is 127 Å². The number of hydrogen-bond donors (Lipinski definition) is 12. The predicted octanol–water partition coefficient (Wildman–Crippen LogP) is 9.51. The van der Waals surface area contributed by atoms with Gasteiger partial charge in [0, 0.05) is 78.7 Å². The van der Waals surface area contributed by atoms with Crippen molar-refractivity contribution in [3.63, 3.8) is 0 Å². The zero-order valence-corrected chi connectivity index (χ0v) is 80.4. The Balaban J connectivity index is 0.000000225. The van der Waals surface area contributed by atoms with Crippen LogP contribution in [-0.4, -0.2) is 210 Å². The predicted molar refractivity (Wildman–Crippen MR) is 498 cm³/mol. The Morgan fingerprint density at radius 3 is 1.45 bits per heavy atom. The first-order valence-corrected chi connectivity index (χ1v) is 59.3. The molecule has 15 rings (SSSR count). The molecule has 8 saturated heterocycles. The normalized spacial score (nSPS) is 28.0. The molecule has 6 aromatic rings. The summed E-state index contributed by atoms with van der Waals surface area (Å²) in [6.45, 7) is 18.3. The molecular formula is C85H136I3N20O14S2-. The van der Waals surface area contributed by atoms with Crippen molar-refractivity contribution in [3.8, 4) is 0 Å². The molecule has 124 heavy (non-hydrogen) atoms. The number of nitrogens with one attached hydrogen (secondary N) is 6. The van der Waals surface area contributed by atoms with E-state index in [0.29, 0.717) is 151 Å². The third-order valence-corrected chi connectivity index (χ3v) is 26.9. The van der Waals surface area contributed by atoms with E-state index >= 15 is 0 Å². The largest absolute Gasteiger partial charge is 0.388 e. The SMILES string of the molecule is C.CCC.CCC.CC[C@H]1O[C@@H](n2cc(CCCC[C@H]3O[C@@H](n4cnc5c(NCCCCCC(=O)CCCCC6SCC7NC(=O)NC76)ncnc54)[C@@H](O)C3O)c(N)nc2=O)C[C@@H]1C.CC[C@H]1O[C@@H](n2ccc(N)nc2=O)C[C@@H]1C.I[I-]I.O=C(CCCCCNc1ncnc2c1ncn2[C@@H]1O[C@H](CC2CC2)C(O)[C@@H]1O)CCCCC1SCC2NC(=O)NC21. The van der Waals surface area contributed by atoms with Crippen molar-refractivity contribution in [1.29, 1.82) is 0 Å². The molecule has 0 radical (unpaired) electrons. The summed E-state index contributed by atoms with van der Waals surface area (Å²) in [4.78, 5) is 106. The summed E-state index contributed by atoms with van der Waals surface area (Å²) in [6.07, 6.45) is 27.5. The first kappa shape index (κ1) is 102. The standard InChI is InChI=1S/C39H58N10O7S.C28H41N7O5S.C11H17N3O2.2C3H8.CH4.I3/c1-3-26-22(2)17-29(55-26)48-18-23(34(40)47-39(48)54)11-6-8-14-27-32(51)33(52)37(56-27)49-21-44-31-35(42-20-43-36(31)49)41-16-10-4-5-12-24(50)13-7-9-15-28-30-25(19-57-28)45-38(53)46-30;36-17(7-3-4-8-20-21-18(13-41-20)33-28(39)34-21)6-2-1-5-11-29-25-22-26(31-14-30-25)35(15-32-22)27-24(38)23(37)19(40-27)12-16-9-10-16;1-3-8-7(2)6-10(16-8)14-5-4-9(12)13-11(14)15;2*1-3-2;;1-3-2/h18,20-22,25-30,32-33,37,51-52H,3-17,19H2,1-2H3,(H2,40,47,54)(H,41,42,43)(H2,45,46,53);14-16,18-21,23-24,27,37-38H,1-13H2,(H,29,30,31)(H2,33,34,39);4-5,7-8,10H,3,6H2,1-2H3,(H2,12,13,15);2*3H2,1-2H3;1H4;/q;;;;;;-1/t22-,25?,26+,27+,28?,29+,30?,32?,33-,37+;18?,19-,20?,21?,23?,24+,27-;7-,8+,10+;;;;/m010..../s1. The summed E-state index contributed by atoms with van der Waals surface area (Å²) in [5.41, 5.74) is 13.8. The van der Waals surface area contributed by atoms with E-state index in [2.05, 4.69) is 164 Å². The number of aliphatic hydroxyl groups is 4. The molecule has 8 aliphatic heterocycles. The molecule has 39 heteroatoms. The number of aliphatic hydroxyl groups excluding tert-OH is 4. The van der Waals surface area contributed by atoms with Crippen molar-refractivity contribution in [3.05, 3.63) is 70.3 Å². The number of nitrogens with two attached hydrogens (primary N) is 2. The molecule has 0 bridgehead atoms. The first-order chi connectivity index (χ1) is 59.4. The van der Waals surface area contributed by atoms with Gasteiger partial charge in [-0.3, -0.25) is 27.9 Å². The van der Waals surface area contributed by atoms with E-state index in [9.17, 15) is 49.2 Å². The number of fused-ring (bicyclic) bond motifs is 4. The molecule has 1 saturated carbocycles. The number of imidazole rings is 2. The number of Topliss-reactive ketones (excluding diaryl/α,β-unsaturated/α-hetero) is 2. The molecule has 9 fully saturated rings. The molecule has 0 aromatic carbocycles. The minimum Gasteiger partial charge on any atom is -0.388 e. The number of aromatic nitrogens is 12. The molecule has 4 amide bonds. The third-order valence-electron chi connectivity index (χ3n) is 23.9. The van der Waals surface area contributed by atoms with Crippen molar-refractivity contribution < 1.29 is 71.8 Å². The topological polar surface area (TPSA) is 467 Å². The smallest absolute Gasteiger partial charge is 0.315 e. The Labute approximate surface area is 767 Å². The van der Waals surface area contributed by atoms with Crippen LogP contribution in [0.5, 0.6) is 0 Å². The number of nitrogen functional groups attached to an aromatic ring is 2. The fourth-order valence-corrected chi connectivity index (χ4v) is 20.3. The number of amides is 4. The zero-order valence-electron chi connectivity index (χ0n) is 72.3. The second kappa shape index (κ2) is 51.8. The molecule has 20 atom stereocenters. The van der Waals surface area contributed by atoms with Gasteiger partial charge in [0.2, 0.25) is 0 Å². The van der Waals surface area contributed by atoms with Crippen molar-refractivity contribution >= 4 is 130 Å². The molecule has 0 spiro atoms. The number of thioether (sulfide) groups is 2. The van der Waals surface area contributed by atoms with Crippen LogP contribution in [0.4, 0.5) is 32.9 Å². The number of halogens is 3. The average Bonchev–Trinajstić information content (AvgIpc) is 1.61. The van der Waals surface area contributed by atoms with Crippen molar-refractivity contribution in [1.82, 2.24) is 79.4 Å². The first-order valence-electron chi connectivity index (χ1n) is 44.6. The number of urea groups is 2. The second-order valence-electron chi connectivity index (χ2n) is 33.8. The van der Waals surface area contributed by atoms with Gasteiger partial charge >= 0.3 is 73.9 Å². The molecule has 34 nitrogen and oxygen atoms in total. The van der Waals surface area contributed by atoms with Crippen LogP contribution in [-0.2, 0) is 35.0 Å². The van der Waals surface area contributed by atoms with E-state index in [4.69, 9.17) is 30.4 Å². The van der Waals surface area contributed by atoms with E-state index in [1.54, 1.807) is 44.8 Å². The van der Waals surface area contributed by atoms with Crippen LogP contribution < -0.4 is 68.0 Å². The maximum Gasteiger partial charge on any atom is 0.315 e. The maximum atomic E-state index is 12.6. The van der Waals surface area contributed by atoms with Gasteiger partial charge in [0.1, 0.15) is 72.7 Å². The number of carbonyl (C=O) groups excluding carboxylic acids is 4. The van der Waals surface area contributed by atoms with Gasteiger partial charge in [-0.1, -0.05) is 121 Å². The summed E-state index contributed by atoms with van der Waals surface area (Å²) in [7, 11) is 0. The van der Waals surface area contributed by atoms with Crippen LogP contribution in [0.25, 0.3) is 22.3 Å². The molecule has 6 aromatic heterocycles. The summed E-state index contributed by atoms with van der Waals surface area (Å²) in [6, 6.07) is 2.45. The van der Waals surface area contributed by atoms with Crippen LogP contribution in [0.3, 0.4) is 0 Å². The number of hydrogen-bond acceptors (Lipinski definition) is 28. The van der Waals surface area contributed by atoms with E-state index < -0.39 is 48.7 Å². The minimum atomic E-state index is -1.18. The number of nitrogens with zero attached hydrogens (tertiary/aromatic N) is 12. The fraction of sp³-hybridized carbons (Fsp3) is 0.741. The van der Waals surface area contributed by atoms with Gasteiger partial charge in [0.15, 0.2) is 46.4 Å². The van der Waals surface area contributed by atoms with E-state index in [-0.39, 0.29) is 91.7 Å². The van der Waals surface area contributed by atoms with Crippen LogP contribution in [0.2, 0.25) is 0 Å². The molecule has 9 aliphatic rings. The van der Waals surface area contributed by atoms with E-state index in [1.165, 1.54) is 30.1 Å². The van der Waals surface area contributed by atoms with Gasteiger partial charge in [0.05, 0.1) is 61.2 Å².